The molecule has 3 aliphatic rings. The molecule has 1 aromatic rings. The van der Waals surface area contributed by atoms with Crippen molar-refractivity contribution in [2.75, 3.05) is 19.5 Å². The fourth-order valence-corrected chi connectivity index (χ4v) is 7.06. The Hall–Kier alpha value is -2.44. The van der Waals surface area contributed by atoms with Crippen molar-refractivity contribution < 1.29 is 14.3 Å². The second-order valence-corrected chi connectivity index (χ2v) is 11.8. The van der Waals surface area contributed by atoms with Crippen LogP contribution in [0, 0.1) is 16.4 Å². The van der Waals surface area contributed by atoms with Gasteiger partial charge in [0.1, 0.15) is 16.7 Å². The standard InChI is InChI=1S/C26H36N5O3S/c1-17(27-4)23(32)29-21-12-13-35-22-14-26(2,3)25(31(22)24(21)33)30(34)16-28-15-19-10-7-9-18-8-5-6-11-20(18)19/h5-6,8,11,17,19,21-22,25,27H,7,9-10,12-14,16H2,1-4H3/q+1/p+1/t17-,19?,21-,22-,25-/m0/s1. The van der Waals surface area contributed by atoms with E-state index in [1.165, 1.54) is 11.1 Å². The number of benzene rings is 1. The highest BCUT2D eigenvalue weighted by molar-refractivity contribution is 7.99. The Morgan fingerprint density at radius 2 is 2.11 bits per heavy atom. The van der Waals surface area contributed by atoms with E-state index in [4.69, 9.17) is 0 Å². The molecule has 4 rings (SSSR count). The first-order chi connectivity index (χ1) is 16.7. The van der Waals surface area contributed by atoms with Crippen LogP contribution in [0.3, 0.4) is 0 Å². The lowest BCUT2D eigenvalue weighted by molar-refractivity contribution is -0.608. The minimum atomic E-state index is -0.643. The van der Waals surface area contributed by atoms with Crippen LogP contribution in [0.4, 0.5) is 0 Å². The summed E-state index contributed by atoms with van der Waals surface area (Å²) in [6.07, 6.45) is 3.77. The zero-order valence-electron chi connectivity index (χ0n) is 21.1. The molecule has 2 saturated heterocycles. The van der Waals surface area contributed by atoms with E-state index in [1.807, 2.05) is 19.9 Å². The Balaban J connectivity index is 1.50. The second-order valence-electron chi connectivity index (χ2n) is 10.5. The third-order valence-electron chi connectivity index (χ3n) is 7.48. The summed E-state index contributed by atoms with van der Waals surface area (Å²) in [4.78, 5) is 45.6. The number of hydrogen-bond acceptors (Lipinski definition) is 5. The molecule has 0 bridgehead atoms. The Bertz CT molecular complexity index is 1050. The normalized spacial score (nSPS) is 28.1. The molecule has 2 fully saturated rings. The van der Waals surface area contributed by atoms with Gasteiger partial charge in [-0.3, -0.25) is 14.5 Å². The predicted octanol–water partition coefficient (Wildman–Crippen LogP) is 3.32. The number of aryl methyl sites for hydroxylation is 1. The molecule has 5 atom stereocenters. The topological polar surface area (TPSA) is 85.9 Å². The minimum absolute atomic E-state index is 0.0677. The molecule has 35 heavy (non-hydrogen) atoms. The van der Waals surface area contributed by atoms with Gasteiger partial charge in [0.2, 0.25) is 5.91 Å². The number of nitrogens with one attached hydrogen (secondary N) is 2. The molecule has 9 heteroatoms. The van der Waals surface area contributed by atoms with Crippen LogP contribution in [0.5, 0.6) is 0 Å². The zero-order chi connectivity index (χ0) is 25.2. The van der Waals surface area contributed by atoms with Crippen molar-refractivity contribution in [3.05, 3.63) is 45.1 Å². The average Bonchev–Trinajstić information content (AvgIpc) is 3.03. The molecule has 0 saturated carbocycles. The van der Waals surface area contributed by atoms with Gasteiger partial charge in [-0.25, -0.2) is 0 Å². The van der Waals surface area contributed by atoms with Crippen molar-refractivity contribution in [2.24, 2.45) is 5.41 Å². The first-order valence-electron chi connectivity index (χ1n) is 12.6. The fraction of sp³-hybridized carbons (Fsp3) is 0.654. The number of thioether (sulfide) groups is 1. The number of nitrogens with zero attached hydrogens (tertiary/aromatic N) is 3. The maximum absolute atomic E-state index is 13.6. The van der Waals surface area contributed by atoms with Gasteiger partial charge in [-0.1, -0.05) is 38.1 Å². The number of carbonyl (C=O) groups excluding carboxylic acids is 2. The fourth-order valence-electron chi connectivity index (χ4n) is 5.49. The van der Waals surface area contributed by atoms with Crippen molar-refractivity contribution >= 4 is 23.6 Å². The lowest BCUT2D eigenvalue weighted by Gasteiger charge is -2.28. The van der Waals surface area contributed by atoms with Crippen molar-refractivity contribution in [1.82, 2.24) is 15.5 Å². The van der Waals surface area contributed by atoms with Gasteiger partial charge in [0.25, 0.3) is 18.1 Å². The van der Waals surface area contributed by atoms with E-state index in [0.717, 1.165) is 36.2 Å². The number of rotatable bonds is 5. The van der Waals surface area contributed by atoms with Crippen molar-refractivity contribution in [1.29, 1.82) is 0 Å². The molecule has 0 aromatic heterocycles. The van der Waals surface area contributed by atoms with E-state index in [2.05, 4.69) is 39.7 Å². The van der Waals surface area contributed by atoms with E-state index in [-0.39, 0.29) is 29.8 Å². The van der Waals surface area contributed by atoms with Gasteiger partial charge in [0.05, 0.1) is 16.8 Å². The minimum Gasteiger partial charge on any atom is -0.343 e. The summed E-state index contributed by atoms with van der Waals surface area (Å²) in [5.74, 6) is 0.458. The van der Waals surface area contributed by atoms with E-state index in [0.29, 0.717) is 6.42 Å². The van der Waals surface area contributed by atoms with Gasteiger partial charge in [-0.15, -0.1) is 11.8 Å². The first-order valence-corrected chi connectivity index (χ1v) is 13.6. The van der Waals surface area contributed by atoms with Gasteiger partial charge in [0, 0.05) is 4.91 Å². The molecule has 1 aromatic carbocycles. The van der Waals surface area contributed by atoms with E-state index >= 15 is 0 Å². The highest BCUT2D eigenvalue weighted by atomic mass is 32.2. The molecule has 0 radical (unpaired) electrons. The largest absolute Gasteiger partial charge is 0.489 e. The van der Waals surface area contributed by atoms with Crippen LogP contribution in [-0.2, 0) is 16.0 Å². The molecule has 2 N–H and O–H groups in total. The number of amides is 2. The molecular weight excluding hydrogens is 462 g/mol. The maximum atomic E-state index is 13.6. The highest BCUT2D eigenvalue weighted by Gasteiger charge is 2.60. The average molecular weight is 500 g/mol. The molecular formula is C26H37N5O3S+2. The van der Waals surface area contributed by atoms with Crippen LogP contribution in [0.2, 0.25) is 0 Å². The van der Waals surface area contributed by atoms with Gasteiger partial charge < -0.3 is 10.6 Å². The van der Waals surface area contributed by atoms with Gasteiger partial charge in [-0.2, -0.15) is 0 Å². The Kier molecular flexibility index (Phi) is 7.82. The Labute approximate surface area is 212 Å². The van der Waals surface area contributed by atoms with Gasteiger partial charge in [0.15, 0.2) is 0 Å². The summed E-state index contributed by atoms with van der Waals surface area (Å²) in [6, 6.07) is 10.6. The van der Waals surface area contributed by atoms with Crippen LogP contribution >= 0.6 is 11.8 Å². The van der Waals surface area contributed by atoms with Gasteiger partial charge >= 0.3 is 6.67 Å². The number of fused-ring (bicyclic) bond motifs is 2. The van der Waals surface area contributed by atoms with Crippen LogP contribution in [0.1, 0.15) is 63.5 Å². The van der Waals surface area contributed by atoms with Gasteiger partial charge in [-0.05, 0) is 67.8 Å². The van der Waals surface area contributed by atoms with E-state index in [1.54, 1.807) is 30.6 Å². The zero-order valence-corrected chi connectivity index (χ0v) is 21.9. The summed E-state index contributed by atoms with van der Waals surface area (Å²) in [7, 11) is 1.71. The quantitative estimate of drug-likeness (QED) is 0.607. The van der Waals surface area contributed by atoms with E-state index < -0.39 is 23.7 Å². The number of likely N-dealkylation sites (N-methyl/N-ethyl adjacent to an activating group) is 1. The van der Waals surface area contributed by atoms with Crippen LogP contribution in [-0.4, -0.2) is 64.6 Å². The lowest BCUT2D eigenvalue weighted by Crippen LogP contribution is -2.56. The number of nitroso groups, excluding NO2 is 1. The van der Waals surface area contributed by atoms with E-state index in [9.17, 15) is 14.5 Å². The summed E-state index contributed by atoms with van der Waals surface area (Å²) in [5.41, 5.74) is 2.18. The highest BCUT2D eigenvalue weighted by Crippen LogP contribution is 2.46. The molecule has 2 amide bonds. The van der Waals surface area contributed by atoms with Crippen LogP contribution in [0.25, 0.3) is 4.85 Å². The second kappa shape index (κ2) is 10.7. The van der Waals surface area contributed by atoms with Crippen LogP contribution < -0.4 is 10.6 Å². The summed E-state index contributed by atoms with van der Waals surface area (Å²) >= 11 is 1.69. The molecule has 0 spiro atoms. The first kappa shape index (κ1) is 25.6. The molecule has 188 valence electrons. The predicted molar refractivity (Wildman–Crippen MR) is 138 cm³/mol. The third-order valence-corrected chi connectivity index (χ3v) is 8.73. The van der Waals surface area contributed by atoms with Crippen molar-refractivity contribution in [2.45, 2.75) is 82.4 Å². The SMILES string of the molecule is CN[C@@H](C)C(=O)N[C@H]1CCS[C@H]2CC(C)(C)[C@@H]([N+](=O)C[N+]#CC3CCCc4ccccc43)N2C1=O. The summed E-state index contributed by atoms with van der Waals surface area (Å²) < 4.78 is 0.931. The molecule has 1 aliphatic carbocycles. The van der Waals surface area contributed by atoms with Crippen molar-refractivity contribution in [3.63, 3.8) is 0 Å². The molecule has 8 nitrogen and oxygen atoms in total. The maximum Gasteiger partial charge on any atom is 0.489 e. The molecule has 2 heterocycles. The van der Waals surface area contributed by atoms with Crippen molar-refractivity contribution in [3.8, 4) is 6.07 Å². The third kappa shape index (κ3) is 5.39. The number of hydrogen-bond donors (Lipinski definition) is 2. The molecule has 2 aliphatic heterocycles. The summed E-state index contributed by atoms with van der Waals surface area (Å²) in [5, 5.41) is 5.72. The molecule has 1 unspecified atom stereocenters. The Morgan fingerprint density at radius 3 is 2.89 bits per heavy atom. The smallest absolute Gasteiger partial charge is 0.343 e. The monoisotopic (exact) mass is 499 g/mol. The lowest BCUT2D eigenvalue weighted by atomic mass is 9.84. The van der Waals surface area contributed by atoms with Crippen LogP contribution in [0.15, 0.2) is 24.3 Å². The summed E-state index contributed by atoms with van der Waals surface area (Å²) in [6.45, 7) is 5.76. The Morgan fingerprint density at radius 1 is 1.34 bits per heavy atom. The number of carbonyl (C=O) groups is 2.